The molecule has 8 aromatic carbocycles. The van der Waals surface area contributed by atoms with Gasteiger partial charge >= 0.3 is 148 Å². The van der Waals surface area contributed by atoms with E-state index in [1.54, 1.807) is 0 Å². The minimum atomic E-state index is -3.06. The van der Waals surface area contributed by atoms with Crippen molar-refractivity contribution in [2.45, 2.75) is 0 Å². The third-order valence-corrected chi connectivity index (χ3v) is 13.3. The van der Waals surface area contributed by atoms with Crippen LogP contribution in [0.3, 0.4) is 0 Å². The molecule has 2 aliphatic heterocycles. The second-order valence-electron chi connectivity index (χ2n) is 18.0. The van der Waals surface area contributed by atoms with E-state index in [1.807, 2.05) is 148 Å². The second-order valence-corrected chi connectivity index (χ2v) is 37.7. The van der Waals surface area contributed by atoms with Gasteiger partial charge < -0.3 is 33.0 Å². The molecule has 0 amide bonds. The van der Waals surface area contributed by atoms with E-state index in [0.29, 0.717) is 11.5 Å². The van der Waals surface area contributed by atoms with Crippen molar-refractivity contribution in [1.29, 1.82) is 0 Å². The molecule has 0 atom stereocenters. The number of para-hydroxylation sites is 6. The molecular weight excluding hydrogens is 1500 g/mol. The van der Waals surface area contributed by atoms with Gasteiger partial charge in [0, 0.05) is 51.5 Å². The third kappa shape index (κ3) is 13.2. The Kier molecular flexibility index (Phi) is 20.1. The largest absolute Gasteiger partial charge is 2.00 e. The SMILES string of the molecule is CN1B(c2[c-]c(Oc3[c-]c(-n4c5ccccc5c5cccnc54)ccc3)ccc2)Oc2ccccc21.CN1B(c2cccc(Oc3cccc(-n4c5ccccc5c5cccnc54)c3)c2)Oc2ccccc21.[Cl][Pt]([Cl])([Cl])[Cl].[K][K].[Pt+2]. The smallest absolute Gasteiger partial charge is 2.00 e. The minimum absolute atomic E-state index is 0. The molecule has 6 heterocycles. The Morgan fingerprint density at radius 3 is 1.61 bits per heavy atom. The van der Waals surface area contributed by atoms with Gasteiger partial charge in [-0.15, -0.1) is 35.8 Å². The van der Waals surface area contributed by atoms with Gasteiger partial charge in [-0.2, -0.15) is 18.2 Å². The number of pyridine rings is 2. The van der Waals surface area contributed by atoms with E-state index in [2.05, 4.69) is 121 Å². The summed E-state index contributed by atoms with van der Waals surface area (Å²) in [7, 11) is 23.6. The first-order chi connectivity index (χ1) is 38.5. The van der Waals surface area contributed by atoms with E-state index in [1.165, 1.54) is 68.5 Å². The molecule has 0 fully saturated rings. The summed E-state index contributed by atoms with van der Waals surface area (Å²) in [5.41, 5.74) is 9.96. The number of rotatable bonds is 8. The molecule has 2 aliphatic rings. The van der Waals surface area contributed by atoms with Crippen molar-refractivity contribution in [2.75, 3.05) is 23.7 Å². The molecule has 0 radical (unpaired) electrons. The third-order valence-electron chi connectivity index (χ3n) is 13.3. The molecule has 0 spiro atoms. The van der Waals surface area contributed by atoms with Crippen LogP contribution in [0.5, 0.6) is 34.5 Å². The van der Waals surface area contributed by atoms with Crippen molar-refractivity contribution in [1.82, 2.24) is 19.1 Å². The molecule has 4 aromatic heterocycles. The fourth-order valence-electron chi connectivity index (χ4n) is 9.98. The zero-order chi connectivity index (χ0) is 54.6. The summed E-state index contributed by atoms with van der Waals surface area (Å²) in [5.74, 6) is 4.49. The number of fused-ring (bicyclic) bond motifs is 8. The second kappa shape index (κ2) is 27.0. The first-order valence-electron chi connectivity index (χ1n) is 25.3. The number of hydrogen-bond acceptors (Lipinski definition) is 8. The number of aromatic nitrogens is 4. The molecule has 0 aliphatic carbocycles. The van der Waals surface area contributed by atoms with Crippen LogP contribution < -0.4 is 39.3 Å². The van der Waals surface area contributed by atoms with E-state index in [9.17, 15) is 0 Å². The molecule has 392 valence electrons. The predicted molar refractivity (Wildman–Crippen MR) is 324 cm³/mol. The Hall–Kier alpha value is -3.60. The maximum absolute atomic E-state index is 6.35. The van der Waals surface area contributed by atoms with Crippen molar-refractivity contribution >= 4 is 181 Å². The topological polar surface area (TPSA) is 79.0 Å². The minimum Gasteiger partial charge on any atom is 2.00 e. The summed E-state index contributed by atoms with van der Waals surface area (Å²) in [6.45, 7) is 0. The average Bonchev–Trinajstić information content (AvgIpc) is 4.35. The van der Waals surface area contributed by atoms with Crippen LogP contribution in [-0.2, 0) is 33.0 Å². The maximum atomic E-state index is 6.35. The summed E-state index contributed by atoms with van der Waals surface area (Å²) in [5, 5.41) is 4.58. The van der Waals surface area contributed by atoms with Crippen molar-refractivity contribution in [3.05, 3.63) is 231 Å². The number of hydrogen-bond donors (Lipinski definition) is 0. The number of ether oxygens (including phenoxy) is 2. The van der Waals surface area contributed by atoms with Crippen LogP contribution in [0.2, 0.25) is 0 Å². The van der Waals surface area contributed by atoms with Crippen molar-refractivity contribution in [3.63, 3.8) is 0 Å². The van der Waals surface area contributed by atoms with E-state index in [4.69, 9.17) is 61.4 Å². The van der Waals surface area contributed by atoms with E-state index >= 15 is 0 Å². The molecule has 14 rings (SSSR count). The Morgan fingerprint density at radius 2 is 0.975 bits per heavy atom. The molecular formula is C60H42B2Cl4K2N6O4Pt2. The zero-order valence-electron chi connectivity index (χ0n) is 43.4. The van der Waals surface area contributed by atoms with E-state index < -0.39 is 11.9 Å². The molecule has 0 N–H and O–H groups in total. The predicted octanol–water partition coefficient (Wildman–Crippen LogP) is 14.0. The molecule has 0 saturated carbocycles. The standard InChI is InChI=1S/C30H22BN3O2.C30H20BN3O2.4ClH.2K.2Pt/c2*1-33-28-16-4-5-17-29(28)36-31(33)21-9-6-11-23(19-21)35-24-12-7-10-22(20-24)34-27-15-3-2-13-25(27)26-14-8-18-32-30(26)34;;;;;;;;/h2-20H,1H3;2-18H,1H3;4*1H;;;;/q;-2;;;;;;;+2;+4/p-4. The number of benzene rings is 8. The number of nitrogens with zero attached hydrogens (tertiary/aromatic N) is 6. The van der Waals surface area contributed by atoms with Gasteiger partial charge in [0.05, 0.1) is 28.1 Å². The van der Waals surface area contributed by atoms with Gasteiger partial charge in [-0.1, -0.05) is 84.6 Å². The van der Waals surface area contributed by atoms with Gasteiger partial charge in [0.15, 0.2) is 0 Å². The Bertz CT molecular complexity index is 3790. The van der Waals surface area contributed by atoms with Gasteiger partial charge in [-0.3, -0.25) is 4.57 Å². The first-order valence-corrected chi connectivity index (χ1v) is 52.5. The molecule has 0 bridgehead atoms. The molecule has 0 unspecified atom stereocenters. The molecule has 0 saturated heterocycles. The van der Waals surface area contributed by atoms with Crippen LogP contribution in [0.4, 0.5) is 11.4 Å². The van der Waals surface area contributed by atoms with Crippen LogP contribution in [0, 0.1) is 12.1 Å². The summed E-state index contributed by atoms with van der Waals surface area (Å²) in [4.78, 5) is 13.6. The summed E-state index contributed by atoms with van der Waals surface area (Å²) in [6, 6.07) is 75.8. The first kappa shape index (κ1) is 59.6. The van der Waals surface area contributed by atoms with Crippen molar-refractivity contribution < 1.29 is 51.7 Å². The van der Waals surface area contributed by atoms with E-state index in [-0.39, 0.29) is 35.2 Å². The van der Waals surface area contributed by atoms with Crippen LogP contribution >= 0.6 is 37.7 Å². The van der Waals surface area contributed by atoms with Crippen LogP contribution in [-0.4, -0.2) is 110 Å². The normalized spacial score (nSPS) is 12.5. The van der Waals surface area contributed by atoms with Gasteiger partial charge in [-0.05, 0) is 104 Å². The Balaban J connectivity index is 0.000000160. The van der Waals surface area contributed by atoms with Crippen molar-refractivity contribution in [2.24, 2.45) is 0 Å². The van der Waals surface area contributed by atoms with Crippen LogP contribution in [0.25, 0.3) is 55.2 Å². The molecule has 12 aromatic rings. The average molecular weight is 1540 g/mol. The van der Waals surface area contributed by atoms with Gasteiger partial charge in [-0.25, -0.2) is 9.97 Å². The zero-order valence-corrected chi connectivity index (χ0v) is 57.2. The Morgan fingerprint density at radius 1 is 0.487 bits per heavy atom. The fraction of sp³-hybridized carbons (Fsp3) is 0.0333. The quantitative estimate of drug-likeness (QED) is 0.110. The summed E-state index contributed by atoms with van der Waals surface area (Å²) in [6.07, 6.45) is 3.66. The van der Waals surface area contributed by atoms with E-state index in [0.717, 1.165) is 95.2 Å². The fourth-order valence-corrected chi connectivity index (χ4v) is 9.98. The van der Waals surface area contributed by atoms with Crippen LogP contribution in [0.15, 0.2) is 219 Å². The van der Waals surface area contributed by atoms with Gasteiger partial charge in [0.1, 0.15) is 34.3 Å². The number of halogens is 4. The maximum Gasteiger partial charge on any atom is 2.00 e. The van der Waals surface area contributed by atoms with Gasteiger partial charge in [0.25, 0.3) is 0 Å². The summed E-state index contributed by atoms with van der Waals surface area (Å²) < 4.78 is 29.3. The monoisotopic (exact) mass is 1540 g/mol. The molecule has 10 nitrogen and oxygen atoms in total. The summed E-state index contributed by atoms with van der Waals surface area (Å²) >= 11 is -0.556. The molecule has 20 heteroatoms. The number of anilines is 2. The Labute approximate surface area is 543 Å². The van der Waals surface area contributed by atoms with Crippen LogP contribution in [0.1, 0.15) is 0 Å². The molecule has 80 heavy (non-hydrogen) atoms. The van der Waals surface area contributed by atoms with Gasteiger partial charge in [0.2, 0.25) is 0 Å². The van der Waals surface area contributed by atoms with Crippen molar-refractivity contribution in [3.8, 4) is 45.9 Å².